The van der Waals surface area contributed by atoms with Crippen molar-refractivity contribution in [2.24, 2.45) is 0 Å². The molecule has 3 aromatic heterocycles. The highest BCUT2D eigenvalue weighted by atomic mass is 15.0. The molecule has 0 N–H and O–H groups in total. The second-order valence-corrected chi connectivity index (χ2v) is 24.1. The van der Waals surface area contributed by atoms with Crippen LogP contribution in [0.15, 0.2) is 170 Å². The number of rotatable bonds is 6. The molecule has 74 heavy (non-hydrogen) atoms. The summed E-state index contributed by atoms with van der Waals surface area (Å²) < 4.78 is 4.81. The van der Waals surface area contributed by atoms with E-state index < -0.39 is 0 Å². The topological polar surface area (TPSA) is 52.9 Å². The fourth-order valence-electron chi connectivity index (χ4n) is 10.6. The van der Waals surface area contributed by atoms with Crippen LogP contribution in [0, 0.1) is 6.57 Å². The number of hydrogen-bond donors (Lipinski definition) is 0. The quantitative estimate of drug-likeness (QED) is 0.156. The van der Waals surface area contributed by atoms with Crippen molar-refractivity contribution in [1.82, 2.24) is 24.1 Å². The van der Waals surface area contributed by atoms with Crippen LogP contribution < -0.4 is 0 Å². The van der Waals surface area contributed by atoms with Crippen molar-refractivity contribution in [3.05, 3.63) is 204 Å². The average molecular weight is 965 g/mol. The Labute approximate surface area is 436 Å². The Morgan fingerprint density at radius 2 is 0.689 bits per heavy atom. The van der Waals surface area contributed by atoms with E-state index in [1.165, 1.54) is 43.8 Å². The molecule has 3 heterocycles. The smallest absolute Gasteiger partial charge is 0.197 e. The van der Waals surface area contributed by atoms with Crippen molar-refractivity contribution < 1.29 is 0 Å². The van der Waals surface area contributed by atoms with Gasteiger partial charge < -0.3 is 9.13 Å². The van der Waals surface area contributed by atoms with E-state index in [1.54, 1.807) is 0 Å². The van der Waals surface area contributed by atoms with Gasteiger partial charge in [-0.3, -0.25) is 0 Å². The zero-order valence-corrected chi connectivity index (χ0v) is 44.8. The van der Waals surface area contributed by atoms with Gasteiger partial charge in [0, 0.05) is 55.0 Å². The summed E-state index contributed by atoms with van der Waals surface area (Å²) in [5.74, 6) is 1.65. The molecular formula is C68H64N6. The Kier molecular flexibility index (Phi) is 11.4. The van der Waals surface area contributed by atoms with E-state index in [0.717, 1.165) is 61.3 Å². The monoisotopic (exact) mass is 965 g/mol. The van der Waals surface area contributed by atoms with Gasteiger partial charge in [0.15, 0.2) is 23.2 Å². The number of nitrogens with zero attached hydrogens (tertiary/aromatic N) is 6. The molecule has 6 nitrogen and oxygen atoms in total. The molecule has 11 aromatic rings. The summed E-state index contributed by atoms with van der Waals surface area (Å²) >= 11 is 0. The summed E-state index contributed by atoms with van der Waals surface area (Å²) in [5.41, 5.74) is 15.6. The fraction of sp³-hybridized carbons (Fsp3) is 0.235. The van der Waals surface area contributed by atoms with Gasteiger partial charge in [0.2, 0.25) is 0 Å². The molecule has 0 amide bonds. The molecule has 0 atom stereocenters. The molecule has 0 bridgehead atoms. The minimum absolute atomic E-state index is 0.0708. The molecule has 0 spiro atoms. The lowest BCUT2D eigenvalue weighted by atomic mass is 9.85. The van der Waals surface area contributed by atoms with E-state index in [0.29, 0.717) is 23.2 Å². The number of benzene rings is 8. The molecule has 0 radical (unpaired) electrons. The molecule has 11 rings (SSSR count). The third-order valence-electron chi connectivity index (χ3n) is 14.8. The molecule has 0 saturated carbocycles. The van der Waals surface area contributed by atoms with E-state index >= 15 is 0 Å². The van der Waals surface area contributed by atoms with Gasteiger partial charge in [0.25, 0.3) is 0 Å². The predicted molar refractivity (Wildman–Crippen MR) is 311 cm³/mol. The van der Waals surface area contributed by atoms with Crippen molar-refractivity contribution in [1.29, 1.82) is 0 Å². The van der Waals surface area contributed by atoms with Gasteiger partial charge >= 0.3 is 0 Å². The van der Waals surface area contributed by atoms with Gasteiger partial charge in [0.05, 0.1) is 34.3 Å². The maximum absolute atomic E-state index is 9.08. The minimum atomic E-state index is -0.0754. The lowest BCUT2D eigenvalue weighted by Gasteiger charge is -2.23. The number of fused-ring (bicyclic) bond motifs is 6. The highest BCUT2D eigenvalue weighted by Crippen LogP contribution is 2.49. The van der Waals surface area contributed by atoms with Crippen molar-refractivity contribution in [2.75, 3.05) is 0 Å². The Bertz CT molecular complexity index is 3840. The molecule has 6 heteroatoms. The molecule has 366 valence electrons. The largest absolute Gasteiger partial charge is 0.310 e. The van der Waals surface area contributed by atoms with Gasteiger partial charge in [-0.25, -0.2) is 19.8 Å². The van der Waals surface area contributed by atoms with E-state index in [9.17, 15) is 0 Å². The first-order valence-corrected chi connectivity index (χ1v) is 25.9. The summed E-state index contributed by atoms with van der Waals surface area (Å²) in [5, 5.41) is 4.71. The third kappa shape index (κ3) is 8.35. The Morgan fingerprint density at radius 1 is 0.351 bits per heavy atom. The Hall–Kier alpha value is -8.14. The first kappa shape index (κ1) is 48.1. The average Bonchev–Trinajstić information content (AvgIpc) is 3.89. The van der Waals surface area contributed by atoms with Crippen LogP contribution in [0.5, 0.6) is 0 Å². The van der Waals surface area contributed by atoms with Crippen molar-refractivity contribution in [3.8, 4) is 56.7 Å². The van der Waals surface area contributed by atoms with Gasteiger partial charge in [-0.2, -0.15) is 0 Å². The second kappa shape index (κ2) is 17.5. The maximum Gasteiger partial charge on any atom is 0.197 e. The van der Waals surface area contributed by atoms with Gasteiger partial charge in [-0.1, -0.05) is 192 Å². The summed E-state index contributed by atoms with van der Waals surface area (Å²) in [6, 6.07) is 60.7. The lowest BCUT2D eigenvalue weighted by Crippen LogP contribution is -2.10. The summed E-state index contributed by atoms with van der Waals surface area (Å²) in [7, 11) is 0. The summed E-state index contributed by atoms with van der Waals surface area (Å²) in [6.07, 6.45) is 0. The first-order valence-electron chi connectivity index (χ1n) is 25.9. The molecular weight excluding hydrogens is 901 g/mol. The van der Waals surface area contributed by atoms with Gasteiger partial charge in [-0.15, -0.1) is 0 Å². The van der Waals surface area contributed by atoms with Crippen molar-refractivity contribution in [3.63, 3.8) is 0 Å². The molecule has 8 aromatic carbocycles. The molecule has 0 fully saturated rings. The molecule has 0 saturated heterocycles. The van der Waals surface area contributed by atoms with Crippen LogP contribution in [-0.2, 0) is 21.7 Å². The highest BCUT2D eigenvalue weighted by Gasteiger charge is 2.29. The number of aromatic nitrogens is 5. The van der Waals surface area contributed by atoms with E-state index in [2.05, 4.69) is 194 Å². The van der Waals surface area contributed by atoms with Crippen LogP contribution in [0.25, 0.3) is 105 Å². The molecule has 0 aliphatic rings. The predicted octanol–water partition coefficient (Wildman–Crippen LogP) is 18.5. The fourth-order valence-corrected chi connectivity index (χ4v) is 10.6. The second-order valence-electron chi connectivity index (χ2n) is 24.1. The molecule has 0 unspecified atom stereocenters. The zero-order valence-electron chi connectivity index (χ0n) is 44.8. The molecule has 0 aliphatic carbocycles. The van der Waals surface area contributed by atoms with E-state index in [1.807, 2.05) is 72.8 Å². The van der Waals surface area contributed by atoms with Gasteiger partial charge in [-0.05, 0) is 105 Å². The van der Waals surface area contributed by atoms with Crippen LogP contribution in [0.1, 0.15) is 105 Å². The van der Waals surface area contributed by atoms with Crippen molar-refractivity contribution in [2.45, 2.75) is 105 Å². The lowest BCUT2D eigenvalue weighted by molar-refractivity contribution is 0.590. The Morgan fingerprint density at radius 3 is 1.04 bits per heavy atom. The SMILES string of the molecule is [C-]#[N+]c1cccc(-n2c3ccc(C(C)(C)C)cc3c3cc(C(C)(C)C)ccc32)c1-c1c(-c2nc(-c3ccccc3)nc(-c3ccccc3)n2)cccc1-n1c2ccc(C(C)(C)C)cc2c2cc(C(C)(C)C)ccc21. The number of hydrogen-bond acceptors (Lipinski definition) is 3. The zero-order chi connectivity index (χ0) is 52.1. The van der Waals surface area contributed by atoms with Gasteiger partial charge in [0.1, 0.15) is 0 Å². The summed E-state index contributed by atoms with van der Waals surface area (Å²) in [4.78, 5) is 20.4. The van der Waals surface area contributed by atoms with E-state index in [-0.39, 0.29) is 21.7 Å². The first-order chi connectivity index (χ1) is 35.2. The third-order valence-corrected chi connectivity index (χ3v) is 14.8. The minimum Gasteiger partial charge on any atom is -0.310 e. The van der Waals surface area contributed by atoms with Crippen LogP contribution in [-0.4, -0.2) is 24.1 Å². The maximum atomic E-state index is 9.08. The van der Waals surface area contributed by atoms with Crippen LogP contribution >= 0.6 is 0 Å². The standard InChI is InChI=1S/C68H64N6/c1-65(2,3)44-30-34-54-49(38-44)50-39-45(66(4,5)6)31-35-55(50)73(54)58-28-20-26-48(64-71-62(42-22-16-14-17-23-42)70-63(72-64)43-24-18-15-19-25-43)60(58)61-53(69-13)27-21-29-59(61)74-56-36-32-46(67(7,8)9)40-51(56)52-41-47(68(10,11)12)33-37-57(52)74/h14-41H,1-12H3. The van der Waals surface area contributed by atoms with Crippen LogP contribution in [0.2, 0.25) is 0 Å². The van der Waals surface area contributed by atoms with Crippen LogP contribution in [0.3, 0.4) is 0 Å². The molecule has 0 aliphatic heterocycles. The van der Waals surface area contributed by atoms with E-state index in [4.69, 9.17) is 21.5 Å². The highest BCUT2D eigenvalue weighted by molar-refractivity contribution is 6.13. The normalized spacial score (nSPS) is 12.6. The Balaban J connectivity index is 1.32. The summed E-state index contributed by atoms with van der Waals surface area (Å²) in [6.45, 7) is 36.4. The van der Waals surface area contributed by atoms with Crippen LogP contribution in [0.4, 0.5) is 5.69 Å². The van der Waals surface area contributed by atoms with Crippen molar-refractivity contribution >= 4 is 49.3 Å².